The predicted octanol–water partition coefficient (Wildman–Crippen LogP) is 2.00. The number of nitrogens with one attached hydrogen (secondary N) is 1. The molecule has 1 aliphatic heterocycles. The van der Waals surface area contributed by atoms with Crippen LogP contribution in [0, 0.1) is 5.92 Å². The van der Waals surface area contributed by atoms with Gasteiger partial charge >= 0.3 is 0 Å². The van der Waals surface area contributed by atoms with Crippen LogP contribution in [0.15, 0.2) is 16.9 Å². The molecule has 0 radical (unpaired) electrons. The number of rotatable bonds is 4. The molecule has 2 rings (SSSR count). The molecular formula is C11H18N2O. The molecule has 1 saturated heterocycles. The van der Waals surface area contributed by atoms with Gasteiger partial charge in [0.15, 0.2) is 0 Å². The highest BCUT2D eigenvalue weighted by Crippen LogP contribution is 2.18. The lowest BCUT2D eigenvalue weighted by molar-refractivity contribution is 0.345. The largest absolute Gasteiger partial charge is 0.365 e. The molecule has 0 bridgehead atoms. The van der Waals surface area contributed by atoms with Gasteiger partial charge in [-0.3, -0.25) is 0 Å². The standard InChI is InChI=1S/C11H18N2O/c1(3-11-6-9-14-13-11)2-10-4-7-12-8-5-10/h6,9-10,12H,1-5,7-8H2. The van der Waals surface area contributed by atoms with E-state index in [1.807, 2.05) is 6.07 Å². The topological polar surface area (TPSA) is 38.1 Å². The molecule has 0 spiro atoms. The second kappa shape index (κ2) is 5.15. The molecule has 0 amide bonds. The lowest BCUT2D eigenvalue weighted by Gasteiger charge is -2.22. The monoisotopic (exact) mass is 194 g/mol. The summed E-state index contributed by atoms with van der Waals surface area (Å²) in [5.74, 6) is 0.933. The summed E-state index contributed by atoms with van der Waals surface area (Å²) in [6.07, 6.45) is 8.00. The summed E-state index contributed by atoms with van der Waals surface area (Å²) in [4.78, 5) is 0. The van der Waals surface area contributed by atoms with E-state index in [9.17, 15) is 0 Å². The Balaban J connectivity index is 1.62. The highest BCUT2D eigenvalue weighted by Gasteiger charge is 2.12. The molecule has 3 heteroatoms. The zero-order chi connectivity index (χ0) is 9.64. The normalized spacial score (nSPS) is 18.6. The second-order valence-electron chi connectivity index (χ2n) is 4.08. The van der Waals surface area contributed by atoms with Gasteiger partial charge in [0.25, 0.3) is 0 Å². The van der Waals surface area contributed by atoms with Gasteiger partial charge in [-0.25, -0.2) is 0 Å². The maximum atomic E-state index is 4.80. The molecule has 1 aromatic rings. The van der Waals surface area contributed by atoms with E-state index in [-0.39, 0.29) is 0 Å². The number of nitrogens with zero attached hydrogens (tertiary/aromatic N) is 1. The number of aryl methyl sites for hydroxylation is 1. The molecule has 0 saturated carbocycles. The fourth-order valence-corrected chi connectivity index (χ4v) is 2.11. The molecule has 0 unspecified atom stereocenters. The summed E-state index contributed by atoms with van der Waals surface area (Å²) in [6, 6.07) is 1.96. The van der Waals surface area contributed by atoms with Crippen LogP contribution in [0.2, 0.25) is 0 Å². The summed E-state index contributed by atoms with van der Waals surface area (Å²) in [6.45, 7) is 2.41. The van der Waals surface area contributed by atoms with E-state index in [2.05, 4.69) is 10.5 Å². The first kappa shape index (κ1) is 9.71. The van der Waals surface area contributed by atoms with E-state index in [1.54, 1.807) is 6.26 Å². The molecule has 1 aromatic heterocycles. The first-order valence-corrected chi connectivity index (χ1v) is 5.55. The first-order valence-electron chi connectivity index (χ1n) is 5.55. The fourth-order valence-electron chi connectivity index (χ4n) is 2.11. The molecule has 0 atom stereocenters. The molecule has 1 aliphatic rings. The van der Waals surface area contributed by atoms with Crippen molar-refractivity contribution in [3.8, 4) is 0 Å². The minimum Gasteiger partial charge on any atom is -0.365 e. The van der Waals surface area contributed by atoms with Gasteiger partial charge in [-0.05, 0) is 51.1 Å². The van der Waals surface area contributed by atoms with Gasteiger partial charge in [-0.2, -0.15) is 0 Å². The van der Waals surface area contributed by atoms with Gasteiger partial charge in [0, 0.05) is 6.07 Å². The van der Waals surface area contributed by atoms with Crippen molar-refractivity contribution >= 4 is 0 Å². The molecule has 78 valence electrons. The molecule has 0 aromatic carbocycles. The highest BCUT2D eigenvalue weighted by molar-refractivity contribution is 4.94. The van der Waals surface area contributed by atoms with Crippen molar-refractivity contribution in [1.82, 2.24) is 10.5 Å². The van der Waals surface area contributed by atoms with E-state index >= 15 is 0 Å². The average molecular weight is 194 g/mol. The lowest BCUT2D eigenvalue weighted by Crippen LogP contribution is -2.27. The Bertz CT molecular complexity index is 240. The molecule has 2 heterocycles. The van der Waals surface area contributed by atoms with Crippen LogP contribution in [-0.4, -0.2) is 18.2 Å². The van der Waals surface area contributed by atoms with Crippen LogP contribution < -0.4 is 5.32 Å². The average Bonchev–Trinajstić information content (AvgIpc) is 2.72. The third-order valence-corrected chi connectivity index (χ3v) is 3.00. The Kier molecular flexibility index (Phi) is 3.57. The van der Waals surface area contributed by atoms with E-state index in [0.29, 0.717) is 0 Å². The zero-order valence-electron chi connectivity index (χ0n) is 8.54. The molecule has 0 aliphatic carbocycles. The van der Waals surface area contributed by atoms with Gasteiger partial charge in [-0.15, -0.1) is 0 Å². The van der Waals surface area contributed by atoms with E-state index < -0.39 is 0 Å². The van der Waals surface area contributed by atoms with Crippen LogP contribution >= 0.6 is 0 Å². The maximum Gasteiger partial charge on any atom is 0.124 e. The summed E-state index contributed by atoms with van der Waals surface area (Å²) < 4.78 is 4.80. The maximum absolute atomic E-state index is 4.80. The van der Waals surface area contributed by atoms with Gasteiger partial charge in [-0.1, -0.05) is 5.16 Å². The van der Waals surface area contributed by atoms with Crippen LogP contribution in [0.5, 0.6) is 0 Å². The fraction of sp³-hybridized carbons (Fsp3) is 0.727. The summed E-state index contributed by atoms with van der Waals surface area (Å²) in [5.41, 5.74) is 1.10. The molecule has 1 fully saturated rings. The van der Waals surface area contributed by atoms with Crippen molar-refractivity contribution in [2.24, 2.45) is 5.92 Å². The van der Waals surface area contributed by atoms with Crippen LogP contribution in [0.1, 0.15) is 31.4 Å². The van der Waals surface area contributed by atoms with Crippen LogP contribution in [0.25, 0.3) is 0 Å². The minimum absolute atomic E-state index is 0.933. The number of hydrogen-bond donors (Lipinski definition) is 1. The SMILES string of the molecule is c1cc(CCCC2CCNCC2)no1. The Morgan fingerprint density at radius 3 is 3.00 bits per heavy atom. The van der Waals surface area contributed by atoms with Crippen LogP contribution in [0.4, 0.5) is 0 Å². The van der Waals surface area contributed by atoms with Crippen molar-refractivity contribution in [2.45, 2.75) is 32.1 Å². The van der Waals surface area contributed by atoms with E-state index in [4.69, 9.17) is 4.52 Å². The summed E-state index contributed by atoms with van der Waals surface area (Å²) >= 11 is 0. The summed E-state index contributed by atoms with van der Waals surface area (Å²) in [5, 5.41) is 7.30. The molecule has 3 nitrogen and oxygen atoms in total. The molecule has 1 N–H and O–H groups in total. The van der Waals surface area contributed by atoms with Gasteiger partial charge in [0.05, 0.1) is 5.69 Å². The number of piperidine rings is 1. The van der Waals surface area contributed by atoms with Crippen molar-refractivity contribution in [3.05, 3.63) is 18.0 Å². The predicted molar refractivity (Wildman–Crippen MR) is 55.0 cm³/mol. The van der Waals surface area contributed by atoms with Gasteiger partial charge in [0.1, 0.15) is 6.26 Å². The third-order valence-electron chi connectivity index (χ3n) is 3.00. The summed E-state index contributed by atoms with van der Waals surface area (Å²) in [7, 11) is 0. The number of aromatic nitrogens is 1. The highest BCUT2D eigenvalue weighted by atomic mass is 16.5. The Morgan fingerprint density at radius 2 is 2.29 bits per heavy atom. The zero-order valence-corrected chi connectivity index (χ0v) is 8.54. The smallest absolute Gasteiger partial charge is 0.124 e. The van der Waals surface area contributed by atoms with Crippen LogP contribution in [0.3, 0.4) is 0 Å². The Morgan fingerprint density at radius 1 is 1.43 bits per heavy atom. The quantitative estimate of drug-likeness (QED) is 0.796. The van der Waals surface area contributed by atoms with E-state index in [1.165, 1.54) is 38.8 Å². The van der Waals surface area contributed by atoms with Crippen molar-refractivity contribution in [3.63, 3.8) is 0 Å². The number of hydrogen-bond acceptors (Lipinski definition) is 3. The van der Waals surface area contributed by atoms with Gasteiger partial charge in [0.2, 0.25) is 0 Å². The second-order valence-corrected chi connectivity index (χ2v) is 4.08. The van der Waals surface area contributed by atoms with Crippen LogP contribution in [-0.2, 0) is 6.42 Å². The third kappa shape index (κ3) is 2.84. The molecular weight excluding hydrogens is 176 g/mol. The van der Waals surface area contributed by atoms with Crippen molar-refractivity contribution in [1.29, 1.82) is 0 Å². The Hall–Kier alpha value is -0.830. The van der Waals surface area contributed by atoms with Gasteiger partial charge < -0.3 is 9.84 Å². The van der Waals surface area contributed by atoms with Crippen molar-refractivity contribution in [2.75, 3.05) is 13.1 Å². The Labute approximate surface area is 84.9 Å². The first-order chi connectivity index (χ1) is 6.95. The molecule has 14 heavy (non-hydrogen) atoms. The minimum atomic E-state index is 0.933. The van der Waals surface area contributed by atoms with E-state index in [0.717, 1.165) is 18.0 Å². The van der Waals surface area contributed by atoms with Crippen molar-refractivity contribution < 1.29 is 4.52 Å². The lowest BCUT2D eigenvalue weighted by atomic mass is 9.92.